The second-order valence-electron chi connectivity index (χ2n) is 7.45. The zero-order valence-electron chi connectivity index (χ0n) is 18.2. The summed E-state index contributed by atoms with van der Waals surface area (Å²) in [5.74, 6) is -1.27. The molecule has 0 fully saturated rings. The van der Waals surface area contributed by atoms with E-state index in [4.69, 9.17) is 16.3 Å². The van der Waals surface area contributed by atoms with Gasteiger partial charge in [-0.15, -0.1) is 0 Å². The summed E-state index contributed by atoms with van der Waals surface area (Å²) in [6.07, 6.45) is 1.38. The van der Waals surface area contributed by atoms with E-state index >= 15 is 0 Å². The standard InChI is InChI=1S/C26H19ClFN3O4/c27-22-11-16(5-10-24(22)35-15-25(33)30-20-8-6-19(28)7-9-20)14-29-31-26(34)21-12-17-3-1-2-4-18(17)13-23(21)32/h1-14,32H,15H2,(H,30,33)(H,31,34). The molecule has 0 aliphatic rings. The minimum absolute atomic E-state index is 0.0987. The molecule has 35 heavy (non-hydrogen) atoms. The summed E-state index contributed by atoms with van der Waals surface area (Å²) in [5, 5.41) is 18.5. The van der Waals surface area contributed by atoms with Crippen molar-refractivity contribution >= 4 is 46.1 Å². The van der Waals surface area contributed by atoms with Gasteiger partial charge < -0.3 is 15.2 Å². The van der Waals surface area contributed by atoms with Crippen molar-refractivity contribution in [3.05, 3.63) is 101 Å². The van der Waals surface area contributed by atoms with Crippen LogP contribution in [0, 0.1) is 5.82 Å². The second-order valence-corrected chi connectivity index (χ2v) is 7.86. The molecule has 0 bridgehead atoms. The molecule has 0 saturated carbocycles. The monoisotopic (exact) mass is 491 g/mol. The number of phenolic OH excluding ortho intramolecular Hbond substituents is 1. The van der Waals surface area contributed by atoms with Crippen LogP contribution in [0.4, 0.5) is 10.1 Å². The lowest BCUT2D eigenvalue weighted by molar-refractivity contribution is -0.118. The smallest absolute Gasteiger partial charge is 0.275 e. The number of amides is 2. The predicted octanol–water partition coefficient (Wildman–Crippen LogP) is 5.12. The number of fused-ring (bicyclic) bond motifs is 1. The summed E-state index contributed by atoms with van der Waals surface area (Å²) in [6, 6.07) is 20.6. The highest BCUT2D eigenvalue weighted by Crippen LogP contribution is 2.26. The molecule has 0 spiro atoms. The normalized spacial score (nSPS) is 10.9. The number of nitrogens with one attached hydrogen (secondary N) is 2. The summed E-state index contributed by atoms with van der Waals surface area (Å²) >= 11 is 6.22. The van der Waals surface area contributed by atoms with Gasteiger partial charge in [0.2, 0.25) is 0 Å². The summed E-state index contributed by atoms with van der Waals surface area (Å²) in [6.45, 7) is -0.296. The van der Waals surface area contributed by atoms with Crippen molar-refractivity contribution in [2.24, 2.45) is 5.10 Å². The van der Waals surface area contributed by atoms with E-state index < -0.39 is 17.6 Å². The topological polar surface area (TPSA) is 100 Å². The lowest BCUT2D eigenvalue weighted by Crippen LogP contribution is -2.20. The lowest BCUT2D eigenvalue weighted by atomic mass is 10.1. The van der Waals surface area contributed by atoms with Gasteiger partial charge in [0.05, 0.1) is 16.8 Å². The van der Waals surface area contributed by atoms with Crippen LogP contribution < -0.4 is 15.5 Å². The molecule has 0 unspecified atom stereocenters. The van der Waals surface area contributed by atoms with E-state index in [-0.39, 0.29) is 28.7 Å². The molecule has 0 radical (unpaired) electrons. The highest BCUT2D eigenvalue weighted by atomic mass is 35.5. The van der Waals surface area contributed by atoms with E-state index in [1.165, 1.54) is 36.5 Å². The van der Waals surface area contributed by atoms with Crippen LogP contribution in [-0.2, 0) is 4.79 Å². The van der Waals surface area contributed by atoms with Crippen LogP contribution in [-0.4, -0.2) is 29.7 Å². The summed E-state index contributed by atoms with van der Waals surface area (Å²) < 4.78 is 18.4. The fraction of sp³-hybridized carbons (Fsp3) is 0.0385. The number of aromatic hydroxyl groups is 1. The second kappa shape index (κ2) is 10.7. The maximum Gasteiger partial charge on any atom is 0.275 e. The Morgan fingerprint density at radius 1 is 1.00 bits per heavy atom. The minimum atomic E-state index is -0.567. The van der Waals surface area contributed by atoms with E-state index in [0.717, 1.165) is 10.8 Å². The van der Waals surface area contributed by atoms with Gasteiger partial charge in [0.1, 0.15) is 17.3 Å². The molecule has 0 saturated heterocycles. The predicted molar refractivity (Wildman–Crippen MR) is 133 cm³/mol. The maximum atomic E-state index is 12.9. The highest BCUT2D eigenvalue weighted by molar-refractivity contribution is 6.32. The summed E-state index contributed by atoms with van der Waals surface area (Å²) in [7, 11) is 0. The van der Waals surface area contributed by atoms with Crippen molar-refractivity contribution in [3.8, 4) is 11.5 Å². The number of anilines is 1. The number of halogens is 2. The van der Waals surface area contributed by atoms with Gasteiger partial charge in [0, 0.05) is 5.69 Å². The zero-order chi connectivity index (χ0) is 24.8. The van der Waals surface area contributed by atoms with Crippen LogP contribution >= 0.6 is 11.6 Å². The number of rotatable bonds is 7. The largest absolute Gasteiger partial charge is 0.507 e. The fourth-order valence-corrected chi connectivity index (χ4v) is 3.47. The van der Waals surface area contributed by atoms with Crippen molar-refractivity contribution in [1.29, 1.82) is 0 Å². The molecule has 176 valence electrons. The fourth-order valence-electron chi connectivity index (χ4n) is 3.22. The third-order valence-corrected chi connectivity index (χ3v) is 5.23. The van der Waals surface area contributed by atoms with E-state index in [9.17, 15) is 19.1 Å². The zero-order valence-corrected chi connectivity index (χ0v) is 18.9. The van der Waals surface area contributed by atoms with Crippen LogP contribution in [0.1, 0.15) is 15.9 Å². The molecule has 0 aromatic heterocycles. The number of nitrogens with zero attached hydrogens (tertiary/aromatic N) is 1. The minimum Gasteiger partial charge on any atom is -0.507 e. The van der Waals surface area contributed by atoms with Crippen molar-refractivity contribution < 1.29 is 23.8 Å². The molecule has 2 amide bonds. The Morgan fingerprint density at radius 3 is 2.43 bits per heavy atom. The number of hydrazone groups is 1. The number of benzene rings is 4. The lowest BCUT2D eigenvalue weighted by Gasteiger charge is -2.09. The first kappa shape index (κ1) is 23.7. The molecule has 0 aliphatic heterocycles. The van der Waals surface area contributed by atoms with Gasteiger partial charge >= 0.3 is 0 Å². The van der Waals surface area contributed by atoms with E-state index in [2.05, 4.69) is 15.8 Å². The molecule has 7 nitrogen and oxygen atoms in total. The Bertz CT molecular complexity index is 1420. The average molecular weight is 492 g/mol. The van der Waals surface area contributed by atoms with E-state index in [1.807, 2.05) is 24.3 Å². The first-order valence-electron chi connectivity index (χ1n) is 10.4. The van der Waals surface area contributed by atoms with Crippen molar-refractivity contribution in [1.82, 2.24) is 5.43 Å². The van der Waals surface area contributed by atoms with Crippen LogP contribution in [0.25, 0.3) is 10.8 Å². The molecule has 0 aliphatic carbocycles. The third-order valence-electron chi connectivity index (χ3n) is 4.93. The average Bonchev–Trinajstić information content (AvgIpc) is 2.84. The van der Waals surface area contributed by atoms with E-state index in [1.54, 1.807) is 24.3 Å². The van der Waals surface area contributed by atoms with Gasteiger partial charge in [-0.3, -0.25) is 9.59 Å². The Balaban J connectivity index is 1.33. The SMILES string of the molecule is O=C(COc1ccc(C=NNC(=O)c2cc3ccccc3cc2O)cc1Cl)Nc1ccc(F)cc1. The third kappa shape index (κ3) is 6.13. The van der Waals surface area contributed by atoms with E-state index in [0.29, 0.717) is 11.3 Å². The van der Waals surface area contributed by atoms with Crippen LogP contribution in [0.3, 0.4) is 0 Å². The van der Waals surface area contributed by atoms with Gasteiger partial charge in [0.25, 0.3) is 11.8 Å². The number of carbonyl (C=O) groups excluding carboxylic acids is 2. The van der Waals surface area contributed by atoms with Crippen LogP contribution in [0.2, 0.25) is 5.02 Å². The molecular weight excluding hydrogens is 473 g/mol. The molecule has 0 atom stereocenters. The molecule has 9 heteroatoms. The Morgan fingerprint density at radius 2 is 1.71 bits per heavy atom. The summed E-state index contributed by atoms with van der Waals surface area (Å²) in [4.78, 5) is 24.4. The number of phenols is 1. The number of carbonyl (C=O) groups is 2. The van der Waals surface area contributed by atoms with Gasteiger partial charge in [-0.05, 0) is 70.9 Å². The molecular formula is C26H19ClFN3O4. The van der Waals surface area contributed by atoms with Gasteiger partial charge in [-0.2, -0.15) is 5.10 Å². The highest BCUT2D eigenvalue weighted by Gasteiger charge is 2.12. The molecule has 4 aromatic carbocycles. The molecule has 4 rings (SSSR count). The van der Waals surface area contributed by atoms with Crippen molar-refractivity contribution in [3.63, 3.8) is 0 Å². The van der Waals surface area contributed by atoms with Gasteiger partial charge in [-0.1, -0.05) is 35.9 Å². The Hall–Kier alpha value is -4.43. The van der Waals surface area contributed by atoms with Crippen LogP contribution in [0.5, 0.6) is 11.5 Å². The van der Waals surface area contributed by atoms with Gasteiger partial charge in [-0.25, -0.2) is 9.82 Å². The first-order valence-corrected chi connectivity index (χ1v) is 10.8. The number of hydrogen-bond donors (Lipinski definition) is 3. The van der Waals surface area contributed by atoms with Gasteiger partial charge in [0.15, 0.2) is 6.61 Å². The molecule has 0 heterocycles. The molecule has 4 aromatic rings. The maximum absolute atomic E-state index is 12.9. The first-order chi connectivity index (χ1) is 16.9. The Labute approximate surface area is 204 Å². The number of ether oxygens (including phenoxy) is 1. The number of hydrogen-bond acceptors (Lipinski definition) is 5. The van der Waals surface area contributed by atoms with Crippen molar-refractivity contribution in [2.45, 2.75) is 0 Å². The summed E-state index contributed by atoms with van der Waals surface area (Å²) in [5.41, 5.74) is 3.48. The quantitative estimate of drug-likeness (QED) is 0.247. The van der Waals surface area contributed by atoms with Crippen LogP contribution in [0.15, 0.2) is 84.0 Å². The molecule has 3 N–H and O–H groups in total. The Kier molecular flexibility index (Phi) is 7.23. The van der Waals surface area contributed by atoms with Crippen molar-refractivity contribution in [2.75, 3.05) is 11.9 Å².